The number of aliphatic imine (C=N–C) groups is 2. The number of fused-ring (bicyclic) bond motifs is 2. The van der Waals surface area contributed by atoms with Gasteiger partial charge in [0.2, 0.25) is 6.29 Å². The molecule has 6 aliphatic rings. The number of piperidine rings is 1. The largest absolute Gasteiger partial charge is 0.477 e. The van der Waals surface area contributed by atoms with E-state index in [-0.39, 0.29) is 52.5 Å². The van der Waals surface area contributed by atoms with Crippen molar-refractivity contribution in [2.24, 2.45) is 9.98 Å². The van der Waals surface area contributed by atoms with Gasteiger partial charge in [0.25, 0.3) is 0 Å². The van der Waals surface area contributed by atoms with Crippen LogP contribution in [0.4, 0.5) is 42.9 Å². The van der Waals surface area contributed by atoms with Gasteiger partial charge >= 0.3 is 42.1 Å². The first kappa shape index (κ1) is 71.0. The van der Waals surface area contributed by atoms with Gasteiger partial charge in [0.15, 0.2) is 21.7 Å². The number of carboxylic acids is 2. The molecule has 4 aromatic heterocycles. The summed E-state index contributed by atoms with van der Waals surface area (Å²) in [5.41, 5.74) is 3.73. The van der Waals surface area contributed by atoms with Crippen molar-refractivity contribution in [3.05, 3.63) is 173 Å². The van der Waals surface area contributed by atoms with Crippen LogP contribution < -0.4 is 20.4 Å². The molecule has 10 heterocycles. The number of alkyl halides is 4. The molecule has 4 amide bonds. The number of amidine groups is 2. The number of nitrogens with zero attached hydrogens (tertiary/aromatic N) is 11. The van der Waals surface area contributed by atoms with Gasteiger partial charge in [0.1, 0.15) is 35.1 Å². The average Bonchev–Trinajstić information content (AvgIpc) is 1.16. The third kappa shape index (κ3) is 16.6. The molecule has 0 spiro atoms. The number of esters is 2. The molecule has 2 aromatic carbocycles. The lowest BCUT2D eigenvalue weighted by Gasteiger charge is -2.38. The van der Waals surface area contributed by atoms with Crippen LogP contribution in [-0.2, 0) is 23.9 Å². The number of carbonyl (C=O) groups is 7. The summed E-state index contributed by atoms with van der Waals surface area (Å²) in [6.07, 6.45) is 3.73. The smallest absolute Gasteiger partial charge is 0.446 e. The fourth-order valence-corrected chi connectivity index (χ4v) is 12.9. The van der Waals surface area contributed by atoms with E-state index >= 15 is 0 Å². The number of amides is 4. The molecule has 0 radical (unpaired) electrons. The second-order valence-electron chi connectivity index (χ2n) is 20.7. The van der Waals surface area contributed by atoms with Crippen molar-refractivity contribution in [1.29, 1.82) is 0 Å². The summed E-state index contributed by atoms with van der Waals surface area (Å²) in [6, 6.07) is 12.3. The zero-order valence-electron chi connectivity index (χ0n) is 48.7. The zero-order chi connectivity index (χ0) is 66.8. The molecule has 6 aromatic rings. The number of aromatic nitrogens is 4. The first-order valence-corrected chi connectivity index (χ1v) is 31.5. The second-order valence-corrected chi connectivity index (χ2v) is 23.9. The van der Waals surface area contributed by atoms with E-state index in [9.17, 15) is 50.7 Å². The quantitative estimate of drug-likeness (QED) is 0.0362. The van der Waals surface area contributed by atoms with Gasteiger partial charge < -0.3 is 40.1 Å². The van der Waals surface area contributed by atoms with Crippen molar-refractivity contribution in [1.82, 2.24) is 45.3 Å². The van der Waals surface area contributed by atoms with Crippen LogP contribution in [0.3, 0.4) is 0 Å². The van der Waals surface area contributed by atoms with Crippen molar-refractivity contribution in [2.45, 2.75) is 57.0 Å². The number of hydrogen-bond acceptors (Lipinski definition) is 20. The molecule has 6 aliphatic heterocycles. The number of piperazine rings is 1. The number of aromatic carboxylic acids is 2. The Labute approximate surface area is 559 Å². The molecule has 24 nitrogen and oxygen atoms in total. The first-order chi connectivity index (χ1) is 44.5. The Kier molecular flexibility index (Phi) is 23.7. The van der Waals surface area contributed by atoms with Crippen molar-refractivity contribution in [2.75, 3.05) is 75.2 Å². The second kappa shape index (κ2) is 31.4. The molecule has 4 N–H and O–H groups in total. The molecular weight excluding hydrogens is 1390 g/mol. The molecule has 0 bridgehead atoms. The number of aldehydes is 1. The van der Waals surface area contributed by atoms with E-state index < -0.39 is 60.1 Å². The van der Waals surface area contributed by atoms with Gasteiger partial charge in [0, 0.05) is 107 Å². The van der Waals surface area contributed by atoms with Crippen molar-refractivity contribution in [3.63, 3.8) is 0 Å². The lowest BCUT2D eigenvalue weighted by molar-refractivity contribution is -0.156. The summed E-state index contributed by atoms with van der Waals surface area (Å²) >= 11 is 18.8. The third-order valence-corrected chi connectivity index (χ3v) is 17.8. The average molecular weight is 1450 g/mol. The summed E-state index contributed by atoms with van der Waals surface area (Å²) in [7, 11) is 2.58. The van der Waals surface area contributed by atoms with Crippen LogP contribution in [0, 0.1) is 11.6 Å². The normalized spacial score (nSPS) is 19.2. The number of benzene rings is 2. The van der Waals surface area contributed by atoms with Crippen LogP contribution in [0.1, 0.15) is 80.9 Å². The van der Waals surface area contributed by atoms with E-state index in [4.69, 9.17) is 52.7 Å². The van der Waals surface area contributed by atoms with Crippen molar-refractivity contribution < 1.29 is 75.2 Å². The van der Waals surface area contributed by atoms with Gasteiger partial charge in [-0.2, -0.15) is 13.2 Å². The van der Waals surface area contributed by atoms with Gasteiger partial charge in [-0.05, 0) is 67.8 Å². The van der Waals surface area contributed by atoms with Crippen molar-refractivity contribution >= 4 is 127 Å². The third-order valence-electron chi connectivity index (χ3n) is 15.0. The molecule has 2 unspecified atom stereocenters. The topological polar surface area (TPSA) is 295 Å². The van der Waals surface area contributed by atoms with Crippen molar-refractivity contribution in [3.8, 4) is 0 Å². The number of anilines is 2. The number of halogens is 8. The van der Waals surface area contributed by atoms with Crippen LogP contribution in [0.2, 0.25) is 10.0 Å². The van der Waals surface area contributed by atoms with Crippen LogP contribution in [0.5, 0.6) is 0 Å². The lowest BCUT2D eigenvalue weighted by atomic mass is 9.95. The fourth-order valence-electron chi connectivity index (χ4n) is 10.7. The van der Waals surface area contributed by atoms with E-state index in [1.807, 2.05) is 15.7 Å². The number of thiazole rings is 2. The number of pyridine rings is 2. The zero-order valence-corrected chi connectivity index (χ0v) is 53.5. The molecule has 496 valence electrons. The standard InChI is InChI=1S/C28H25ClFN7O5S.C16H12BrClFN3O2S.C13H15N3O3.C2HF3O.CH4/c1-42-27(40)22-21(33-24(25-31-6-9-43-25)34-23(22)18-4-2-15(30)10-19(18)29)14-35-7-8-36-17(12-35)13-37(28(36)41)16-3-5-20(26(38)39)32-11-16;1-24-16(23)12-11(7-17)21-14(15-20-4-5-25-15)22-13(12)9-3-2-8(19)6-10(9)18;17-12(18)11-5-4-9(7-14-11)16-8-10-3-1-2-6-15(10)13(16)19;3-2(4,5)1-6;/h2-6,9-11,17,23H,7-8,12-14H2,1H3,(H,33,34)(H,38,39);2-6,13H,7H2,1H3,(H,21,22);4-5,7,10H,1-3,6,8H2,(H,17,18);1H;1H4/t17?,23-;13-;;;/m00.../s1. The molecule has 0 saturated carbocycles. The molecule has 12 rings (SSSR count). The Morgan fingerprint density at radius 3 is 1.55 bits per heavy atom. The SMILES string of the molecule is C.COC(=O)C1=C(CBr)NC(c2nccs2)=N[C@H]1c1ccc(F)cc1Cl.COC(=O)C1=C(CN2CCN3C(=O)N(c4ccc(C(=O)O)nc4)CC3C2)NC(c2nccs2)=N[C@H]1c1ccc(F)cc1Cl.O=C(O)c1ccc(N2CC3CCCCN3C2=O)cn1.O=CC(F)(F)F. The molecule has 0 aliphatic carbocycles. The number of carbonyl (C=O) groups excluding carboxylic acids is 5. The summed E-state index contributed by atoms with van der Waals surface area (Å²) in [6.45, 7) is 3.67. The highest BCUT2D eigenvalue weighted by atomic mass is 79.9. The summed E-state index contributed by atoms with van der Waals surface area (Å²) in [4.78, 5) is 117. The van der Waals surface area contributed by atoms with E-state index in [0.29, 0.717) is 112 Å². The number of nitrogens with one attached hydrogen (secondary N) is 2. The van der Waals surface area contributed by atoms with Gasteiger partial charge in [0.05, 0.1) is 61.2 Å². The van der Waals surface area contributed by atoms with Crippen LogP contribution in [0.25, 0.3) is 0 Å². The minimum Gasteiger partial charge on any atom is -0.477 e. The Bertz CT molecular complexity index is 3930. The van der Waals surface area contributed by atoms with E-state index in [2.05, 4.69) is 56.4 Å². The molecule has 34 heteroatoms. The summed E-state index contributed by atoms with van der Waals surface area (Å²) < 4.78 is 68.7. The van der Waals surface area contributed by atoms with Gasteiger partial charge in [-0.3, -0.25) is 29.5 Å². The fraction of sp³-hybridized carbons (Fsp3) is 0.317. The van der Waals surface area contributed by atoms with E-state index in [1.165, 1.54) is 104 Å². The highest BCUT2D eigenvalue weighted by Gasteiger charge is 2.44. The molecule has 94 heavy (non-hydrogen) atoms. The predicted octanol–water partition coefficient (Wildman–Crippen LogP) is 9.98. The summed E-state index contributed by atoms with van der Waals surface area (Å²) in [5.74, 6) is -3.35. The maximum Gasteiger partial charge on any atom is 0.446 e. The van der Waals surface area contributed by atoms with E-state index in [1.54, 1.807) is 39.2 Å². The summed E-state index contributed by atoms with van der Waals surface area (Å²) in [5, 5.41) is 30.0. The Hall–Kier alpha value is -8.82. The molecular formula is C60H57BrCl2F5N13O11S2. The van der Waals surface area contributed by atoms with Gasteiger partial charge in [-0.15, -0.1) is 22.7 Å². The Balaban J connectivity index is 0.000000187. The maximum atomic E-state index is 13.9. The predicted molar refractivity (Wildman–Crippen MR) is 342 cm³/mol. The number of methoxy groups -OCH3 is 2. The van der Waals surface area contributed by atoms with Gasteiger partial charge in [-0.1, -0.05) is 58.7 Å². The Morgan fingerprint density at radius 2 is 1.15 bits per heavy atom. The number of urea groups is 2. The highest BCUT2D eigenvalue weighted by molar-refractivity contribution is 9.09. The minimum atomic E-state index is -4.64. The Morgan fingerprint density at radius 1 is 0.681 bits per heavy atom. The monoisotopic (exact) mass is 1440 g/mol. The maximum absolute atomic E-state index is 13.9. The first-order valence-electron chi connectivity index (χ1n) is 27.9. The number of allylic oxidation sites excluding steroid dienone is 1. The molecule has 4 atom stereocenters. The van der Waals surface area contributed by atoms with Crippen LogP contribution in [-0.4, -0.2) is 182 Å². The number of ether oxygens (including phenoxy) is 2. The minimum absolute atomic E-state index is 0. The lowest BCUT2D eigenvalue weighted by Crippen LogP contribution is -2.53. The number of hydrogen-bond donors (Lipinski definition) is 4. The molecule has 4 saturated heterocycles. The number of carboxylic acid groups (broad SMARTS) is 2. The highest BCUT2D eigenvalue weighted by Crippen LogP contribution is 2.39. The van der Waals surface area contributed by atoms with Crippen LogP contribution >= 0.6 is 61.8 Å². The van der Waals surface area contributed by atoms with E-state index in [0.717, 1.165) is 19.4 Å². The van der Waals surface area contributed by atoms with Crippen LogP contribution in [0.15, 0.2) is 129 Å². The molecule has 4 fully saturated rings. The van der Waals surface area contributed by atoms with Gasteiger partial charge in [-0.25, -0.2) is 57.5 Å². The number of rotatable bonds is 13.